The van der Waals surface area contributed by atoms with Crippen LogP contribution in [0.25, 0.3) is 27.0 Å². The van der Waals surface area contributed by atoms with Crippen LogP contribution in [0, 0.1) is 0 Å². The van der Waals surface area contributed by atoms with Gasteiger partial charge in [-0.25, -0.2) is 19.4 Å². The lowest BCUT2D eigenvalue weighted by molar-refractivity contribution is 0.0691. The first-order valence-corrected chi connectivity index (χ1v) is 16.3. The Labute approximate surface area is 281 Å². The number of carboxylic acid groups (broad SMARTS) is 1. The molecule has 0 atom stereocenters. The minimum atomic E-state index is -1.13. The maximum Gasteiger partial charge on any atom is 0.355 e. The number of nitrogens with zero attached hydrogens (tertiary/aromatic N) is 6. The zero-order valence-electron chi connectivity index (χ0n) is 26.5. The van der Waals surface area contributed by atoms with Crippen molar-refractivity contribution in [3.8, 4) is 22.6 Å². The molecular weight excluding hydrogens is 627 g/mol. The normalized spacial score (nSPS) is 12.7. The summed E-state index contributed by atoms with van der Waals surface area (Å²) in [5.74, 6) is -0.0689. The highest BCUT2D eigenvalue weighted by Gasteiger charge is 2.25. The number of likely N-dealkylation sites (N-methyl/N-ethyl adjacent to an activating group) is 1. The van der Waals surface area contributed by atoms with Crippen LogP contribution in [0.4, 0.5) is 10.9 Å². The van der Waals surface area contributed by atoms with Crippen LogP contribution in [-0.4, -0.2) is 75.4 Å². The first-order chi connectivity index (χ1) is 23.3. The van der Waals surface area contributed by atoms with Crippen molar-refractivity contribution in [1.82, 2.24) is 24.6 Å². The number of aromatic carboxylic acids is 1. The number of carbonyl (C=O) groups excluding carboxylic acids is 1. The van der Waals surface area contributed by atoms with E-state index >= 15 is 0 Å². The number of rotatable bonds is 10. The summed E-state index contributed by atoms with van der Waals surface area (Å²) < 4.78 is 8.48. The first kappa shape index (κ1) is 31.0. The van der Waals surface area contributed by atoms with Gasteiger partial charge in [0.05, 0.1) is 22.1 Å². The van der Waals surface area contributed by atoms with Gasteiger partial charge in [0, 0.05) is 42.5 Å². The topological polar surface area (TPSA) is 126 Å². The van der Waals surface area contributed by atoms with Crippen molar-refractivity contribution in [2.24, 2.45) is 0 Å². The Kier molecular flexibility index (Phi) is 8.57. The van der Waals surface area contributed by atoms with E-state index in [-0.39, 0.29) is 11.6 Å². The highest BCUT2D eigenvalue weighted by atomic mass is 32.1. The molecular formula is C36H33N7O4S. The molecule has 0 saturated heterocycles. The van der Waals surface area contributed by atoms with Gasteiger partial charge < -0.3 is 19.6 Å². The van der Waals surface area contributed by atoms with E-state index < -0.39 is 5.97 Å². The van der Waals surface area contributed by atoms with Crippen LogP contribution in [-0.2, 0) is 13.0 Å². The van der Waals surface area contributed by atoms with Crippen molar-refractivity contribution in [3.05, 3.63) is 114 Å². The van der Waals surface area contributed by atoms with Crippen LogP contribution in [0.3, 0.4) is 0 Å². The van der Waals surface area contributed by atoms with Gasteiger partial charge in [0.15, 0.2) is 10.8 Å². The number of anilines is 2. The molecule has 0 spiro atoms. The number of pyridine rings is 1. The molecule has 3 aromatic carbocycles. The molecule has 0 bridgehead atoms. The molecule has 48 heavy (non-hydrogen) atoms. The molecule has 4 heterocycles. The van der Waals surface area contributed by atoms with Gasteiger partial charge in [-0.15, -0.1) is 0 Å². The number of fused-ring (bicyclic) bond motifs is 2. The second-order valence-corrected chi connectivity index (χ2v) is 12.8. The third-order valence-electron chi connectivity index (χ3n) is 8.24. The molecule has 242 valence electrons. The van der Waals surface area contributed by atoms with Crippen LogP contribution < -0.4 is 15.0 Å². The van der Waals surface area contributed by atoms with E-state index in [4.69, 9.17) is 4.74 Å². The van der Waals surface area contributed by atoms with Gasteiger partial charge in [0.1, 0.15) is 18.2 Å². The fourth-order valence-corrected chi connectivity index (χ4v) is 6.61. The van der Waals surface area contributed by atoms with Crippen LogP contribution in [0.2, 0.25) is 0 Å². The third-order valence-corrected chi connectivity index (χ3v) is 9.19. The summed E-state index contributed by atoms with van der Waals surface area (Å²) in [6.07, 6.45) is 4.12. The number of benzene rings is 3. The number of para-hydroxylation sites is 1. The SMILES string of the molecule is CN(C)CCOc1ccc(-n2cc(-c3ccc(N4CCc5cccc(C(=O)Nc6nc7ccccc7s6)c5C4)nc3C(=O)O)cn2)cc1. The van der Waals surface area contributed by atoms with Gasteiger partial charge in [-0.2, -0.15) is 5.10 Å². The van der Waals surface area contributed by atoms with Gasteiger partial charge in [-0.05, 0) is 86.2 Å². The van der Waals surface area contributed by atoms with Gasteiger partial charge in [-0.3, -0.25) is 10.1 Å². The van der Waals surface area contributed by atoms with E-state index in [2.05, 4.69) is 25.3 Å². The highest BCUT2D eigenvalue weighted by molar-refractivity contribution is 7.22. The standard InChI is InChI=1S/C36H33N7O4S/c1-41(2)18-19-47-26-12-10-25(11-13-26)43-21-24(20-37-43)27-14-15-32(39-33(27)35(45)46)42-17-16-23-6-5-7-28(29(23)22-42)34(44)40-36-38-30-8-3-4-9-31(30)48-36/h3-15,20-21H,16-19,22H2,1-2H3,(H,45,46)(H,38,40,44). The predicted molar refractivity (Wildman–Crippen MR) is 187 cm³/mol. The van der Waals surface area contributed by atoms with Crippen LogP contribution in [0.1, 0.15) is 32.0 Å². The van der Waals surface area contributed by atoms with E-state index in [1.165, 1.54) is 11.3 Å². The van der Waals surface area contributed by atoms with Gasteiger partial charge in [0.2, 0.25) is 0 Å². The number of hydrogen-bond donors (Lipinski definition) is 2. The number of hydrogen-bond acceptors (Lipinski definition) is 9. The number of thiazole rings is 1. The second-order valence-electron chi connectivity index (χ2n) is 11.7. The van der Waals surface area contributed by atoms with Crippen LogP contribution in [0.15, 0.2) is 91.3 Å². The Morgan fingerprint density at radius 2 is 1.83 bits per heavy atom. The van der Waals surface area contributed by atoms with E-state index in [0.29, 0.717) is 53.8 Å². The van der Waals surface area contributed by atoms with Crippen LogP contribution >= 0.6 is 11.3 Å². The van der Waals surface area contributed by atoms with E-state index in [9.17, 15) is 14.7 Å². The molecule has 2 N–H and O–H groups in total. The maximum atomic E-state index is 13.5. The van der Waals surface area contributed by atoms with E-state index in [0.717, 1.165) is 39.3 Å². The molecule has 1 aliphatic heterocycles. The number of carbonyl (C=O) groups is 2. The Bertz CT molecular complexity index is 2090. The molecule has 6 aromatic rings. The summed E-state index contributed by atoms with van der Waals surface area (Å²) in [5, 5.41) is 18.2. The summed E-state index contributed by atoms with van der Waals surface area (Å²) in [5.41, 5.74) is 5.23. The zero-order chi connectivity index (χ0) is 33.2. The first-order valence-electron chi connectivity index (χ1n) is 15.5. The summed E-state index contributed by atoms with van der Waals surface area (Å²) in [6.45, 7) is 2.45. The number of carboxylic acids is 1. The molecule has 0 fully saturated rings. The minimum Gasteiger partial charge on any atom is -0.492 e. The van der Waals surface area contributed by atoms with Crippen LogP contribution in [0.5, 0.6) is 5.75 Å². The molecule has 0 aliphatic carbocycles. The Morgan fingerprint density at radius 3 is 2.62 bits per heavy atom. The number of aromatic nitrogens is 4. The summed E-state index contributed by atoms with van der Waals surface area (Å²) in [6, 6.07) is 24.7. The predicted octanol–water partition coefficient (Wildman–Crippen LogP) is 6.00. The van der Waals surface area contributed by atoms with Gasteiger partial charge in [-0.1, -0.05) is 35.6 Å². The molecule has 7 rings (SSSR count). The van der Waals surface area contributed by atoms with Crippen molar-refractivity contribution in [2.75, 3.05) is 44.0 Å². The van der Waals surface area contributed by atoms with Crippen molar-refractivity contribution in [3.63, 3.8) is 0 Å². The molecule has 0 saturated carbocycles. The monoisotopic (exact) mass is 659 g/mol. The lowest BCUT2D eigenvalue weighted by atomic mass is 9.94. The third kappa shape index (κ3) is 6.48. The molecule has 11 nitrogen and oxygen atoms in total. The lowest BCUT2D eigenvalue weighted by Crippen LogP contribution is -2.33. The molecule has 0 radical (unpaired) electrons. The Balaban J connectivity index is 1.09. The minimum absolute atomic E-state index is 0.0654. The molecule has 12 heteroatoms. The fourth-order valence-electron chi connectivity index (χ4n) is 5.74. The lowest BCUT2D eigenvalue weighted by Gasteiger charge is -2.31. The molecule has 1 amide bonds. The largest absolute Gasteiger partial charge is 0.492 e. The van der Waals surface area contributed by atoms with Gasteiger partial charge >= 0.3 is 5.97 Å². The van der Waals surface area contributed by atoms with Crippen molar-refractivity contribution in [1.29, 1.82) is 0 Å². The Morgan fingerprint density at radius 1 is 1.00 bits per heavy atom. The number of amides is 1. The summed E-state index contributed by atoms with van der Waals surface area (Å²) in [7, 11) is 4.00. The quantitative estimate of drug-likeness (QED) is 0.182. The smallest absolute Gasteiger partial charge is 0.355 e. The molecule has 1 aliphatic rings. The average molecular weight is 660 g/mol. The summed E-state index contributed by atoms with van der Waals surface area (Å²) >= 11 is 1.43. The van der Waals surface area contributed by atoms with Crippen molar-refractivity contribution in [2.45, 2.75) is 13.0 Å². The van der Waals surface area contributed by atoms with Crippen molar-refractivity contribution >= 4 is 44.4 Å². The summed E-state index contributed by atoms with van der Waals surface area (Å²) in [4.78, 5) is 39.2. The highest BCUT2D eigenvalue weighted by Crippen LogP contribution is 2.31. The fraction of sp³-hybridized carbons (Fsp3) is 0.194. The number of ether oxygens (including phenoxy) is 1. The maximum absolute atomic E-state index is 13.5. The molecule has 3 aromatic heterocycles. The zero-order valence-corrected chi connectivity index (χ0v) is 27.3. The van der Waals surface area contributed by atoms with E-state index in [1.54, 1.807) is 23.1 Å². The molecule has 0 unspecified atom stereocenters. The second kappa shape index (κ2) is 13.3. The van der Waals surface area contributed by atoms with Gasteiger partial charge in [0.25, 0.3) is 5.91 Å². The van der Waals surface area contributed by atoms with Crippen molar-refractivity contribution < 1.29 is 19.4 Å². The van der Waals surface area contributed by atoms with E-state index in [1.807, 2.05) is 91.8 Å². The average Bonchev–Trinajstić information content (AvgIpc) is 3.75. The Hall–Kier alpha value is -5.59. The number of nitrogens with one attached hydrogen (secondary N) is 1.